The van der Waals surface area contributed by atoms with Gasteiger partial charge in [0.2, 0.25) is 0 Å². The predicted molar refractivity (Wildman–Crippen MR) is 159 cm³/mol. The molecule has 2 bridgehead atoms. The Bertz CT molecular complexity index is 1540. The molecule has 3 fully saturated rings. The van der Waals surface area contributed by atoms with Crippen LogP contribution in [0.25, 0.3) is 0 Å². The molecule has 0 radical (unpaired) electrons. The van der Waals surface area contributed by atoms with Crippen molar-refractivity contribution in [2.45, 2.75) is 82.1 Å². The minimum absolute atomic E-state index is 0.179. The summed E-state index contributed by atoms with van der Waals surface area (Å²) in [5.74, 6) is -2.19. The molecule has 2 saturated carbocycles. The number of rotatable bonds is 6. The van der Waals surface area contributed by atoms with Gasteiger partial charge in [0, 0.05) is 18.3 Å². The van der Waals surface area contributed by atoms with E-state index < -0.39 is 64.4 Å². The Hall–Kier alpha value is -4.08. The van der Waals surface area contributed by atoms with E-state index in [2.05, 4.69) is 4.98 Å². The first-order chi connectivity index (χ1) is 20.9. The van der Waals surface area contributed by atoms with Crippen LogP contribution in [0.2, 0.25) is 0 Å². The number of pyridine rings is 1. The molecular formula is C35H37NO8. The molecule has 1 saturated heterocycles. The fraction of sp³-hybridized carbons (Fsp3) is 0.429. The quantitative estimate of drug-likeness (QED) is 0.302. The van der Waals surface area contributed by atoms with E-state index in [1.807, 2.05) is 26.8 Å². The van der Waals surface area contributed by atoms with Gasteiger partial charge in [-0.3, -0.25) is 4.98 Å². The van der Waals surface area contributed by atoms with Crippen LogP contribution in [-0.2, 0) is 18.9 Å². The van der Waals surface area contributed by atoms with E-state index >= 15 is 0 Å². The van der Waals surface area contributed by atoms with Crippen molar-refractivity contribution in [1.29, 1.82) is 0 Å². The van der Waals surface area contributed by atoms with Gasteiger partial charge in [0.05, 0.1) is 33.3 Å². The van der Waals surface area contributed by atoms with Crippen LogP contribution >= 0.6 is 0 Å². The highest BCUT2D eigenvalue weighted by Crippen LogP contribution is 2.68. The van der Waals surface area contributed by atoms with Gasteiger partial charge < -0.3 is 24.1 Å². The van der Waals surface area contributed by atoms with Gasteiger partial charge in [0.1, 0.15) is 23.9 Å². The monoisotopic (exact) mass is 599 g/mol. The van der Waals surface area contributed by atoms with Gasteiger partial charge in [0.25, 0.3) is 0 Å². The van der Waals surface area contributed by atoms with Crippen molar-refractivity contribution >= 4 is 17.9 Å². The lowest BCUT2D eigenvalue weighted by Crippen LogP contribution is -2.79. The summed E-state index contributed by atoms with van der Waals surface area (Å²) >= 11 is 0. The Morgan fingerprint density at radius 1 is 0.773 bits per heavy atom. The maximum atomic E-state index is 13.6. The third kappa shape index (κ3) is 4.61. The van der Waals surface area contributed by atoms with Crippen molar-refractivity contribution < 1.29 is 38.4 Å². The molecule has 230 valence electrons. The zero-order valence-corrected chi connectivity index (χ0v) is 25.3. The van der Waals surface area contributed by atoms with Gasteiger partial charge in [-0.2, -0.15) is 0 Å². The SMILES string of the molecule is CC1(C)O[C@]23C(OC(=O)c4cccnc4)[C@H]1C[C@H](OC(=O)c1ccccc1)[C@]2(C)[C@@H](OC(=O)c1ccccc1)CC[C@]3(C)O. The van der Waals surface area contributed by atoms with Crippen molar-refractivity contribution in [1.82, 2.24) is 4.98 Å². The van der Waals surface area contributed by atoms with Crippen LogP contribution in [0.3, 0.4) is 0 Å². The van der Waals surface area contributed by atoms with Crippen molar-refractivity contribution in [3.8, 4) is 0 Å². The molecule has 3 aromatic rings. The Balaban J connectivity index is 1.47. The van der Waals surface area contributed by atoms with Crippen LogP contribution in [0.15, 0.2) is 85.2 Å². The molecule has 3 aliphatic rings. The van der Waals surface area contributed by atoms with E-state index in [0.29, 0.717) is 11.1 Å². The largest absolute Gasteiger partial charge is 0.458 e. The van der Waals surface area contributed by atoms with Gasteiger partial charge in [-0.1, -0.05) is 36.4 Å². The van der Waals surface area contributed by atoms with E-state index in [4.69, 9.17) is 18.9 Å². The molecule has 9 nitrogen and oxygen atoms in total. The van der Waals surface area contributed by atoms with Crippen molar-refractivity contribution in [2.24, 2.45) is 11.3 Å². The lowest BCUT2D eigenvalue weighted by molar-refractivity contribution is -0.324. The smallest absolute Gasteiger partial charge is 0.340 e. The fourth-order valence-electron chi connectivity index (χ4n) is 7.80. The highest BCUT2D eigenvalue weighted by atomic mass is 16.6. The van der Waals surface area contributed by atoms with Crippen molar-refractivity contribution in [3.05, 3.63) is 102 Å². The van der Waals surface area contributed by atoms with Crippen molar-refractivity contribution in [2.75, 3.05) is 0 Å². The van der Waals surface area contributed by atoms with E-state index in [1.165, 1.54) is 6.20 Å². The summed E-state index contributed by atoms with van der Waals surface area (Å²) in [4.78, 5) is 44.6. The second-order valence-corrected chi connectivity index (χ2v) is 13.0. The first-order valence-electron chi connectivity index (χ1n) is 15.0. The number of hydrogen-bond donors (Lipinski definition) is 1. The van der Waals surface area contributed by atoms with Gasteiger partial charge in [-0.15, -0.1) is 0 Å². The molecular weight excluding hydrogens is 562 g/mol. The topological polar surface area (TPSA) is 121 Å². The third-order valence-electron chi connectivity index (χ3n) is 10.0. The van der Waals surface area contributed by atoms with Gasteiger partial charge in [0.15, 0.2) is 0 Å². The molecule has 2 aromatic carbocycles. The Labute approximate surface area is 256 Å². The first kappa shape index (κ1) is 30.0. The molecule has 44 heavy (non-hydrogen) atoms. The molecule has 1 N–H and O–H groups in total. The van der Waals surface area contributed by atoms with Crippen LogP contribution in [0.4, 0.5) is 0 Å². The molecule has 1 aromatic heterocycles. The Morgan fingerprint density at radius 3 is 1.89 bits per heavy atom. The van der Waals surface area contributed by atoms with Crippen LogP contribution in [0.1, 0.15) is 78.0 Å². The summed E-state index contributed by atoms with van der Waals surface area (Å²) in [6, 6.07) is 20.5. The molecule has 1 unspecified atom stereocenters. The zero-order chi connectivity index (χ0) is 31.3. The lowest BCUT2D eigenvalue weighted by atomic mass is 9.47. The first-order valence-corrected chi connectivity index (χ1v) is 15.0. The number of fused-ring (bicyclic) bond motifs is 1. The summed E-state index contributed by atoms with van der Waals surface area (Å²) in [5.41, 5.74) is -4.46. The fourth-order valence-corrected chi connectivity index (χ4v) is 7.80. The lowest BCUT2D eigenvalue weighted by Gasteiger charge is -2.64. The highest BCUT2D eigenvalue weighted by molar-refractivity contribution is 5.90. The normalized spacial score (nSPS) is 33.5. The van der Waals surface area contributed by atoms with E-state index in [1.54, 1.807) is 79.9 Å². The van der Waals surface area contributed by atoms with Crippen molar-refractivity contribution in [3.63, 3.8) is 0 Å². The predicted octanol–water partition coefficient (Wildman–Crippen LogP) is 5.18. The molecule has 2 heterocycles. The molecule has 6 rings (SSSR count). The van der Waals surface area contributed by atoms with Crippen LogP contribution in [-0.4, -0.2) is 63.1 Å². The number of carbonyl (C=O) groups is 3. The van der Waals surface area contributed by atoms with Crippen LogP contribution in [0.5, 0.6) is 0 Å². The summed E-state index contributed by atoms with van der Waals surface area (Å²) in [5, 5.41) is 12.3. The number of aliphatic hydroxyl groups is 1. The average molecular weight is 600 g/mol. The highest BCUT2D eigenvalue weighted by Gasteiger charge is 2.82. The van der Waals surface area contributed by atoms with Gasteiger partial charge >= 0.3 is 17.9 Å². The Kier molecular flexibility index (Phi) is 7.37. The van der Waals surface area contributed by atoms with Gasteiger partial charge in [-0.05, 0) is 83.4 Å². The number of hydrogen-bond acceptors (Lipinski definition) is 9. The third-order valence-corrected chi connectivity index (χ3v) is 10.0. The molecule has 0 amide bonds. The number of aromatic nitrogens is 1. The summed E-state index contributed by atoms with van der Waals surface area (Å²) in [7, 11) is 0. The standard InChI is InChI=1S/C35H37NO8/c1-32(2)25-20-27(42-30(38)23-14-9-6-10-15-23)34(4)26(41-29(37)22-12-7-5-8-13-22)17-18-33(3,40)35(34,44-32)28(25)43-31(39)24-16-11-19-36-21-24/h5-16,19,21,25-28,40H,17-18,20H2,1-4H3/t25-,26+,27+,28?,33+,34+,35+/m1/s1. The molecule has 1 aliphatic heterocycles. The average Bonchev–Trinajstić information content (AvgIpc) is 3.20. The maximum Gasteiger partial charge on any atom is 0.340 e. The minimum atomic E-state index is -1.62. The molecule has 9 heteroatoms. The summed E-state index contributed by atoms with van der Waals surface area (Å²) in [6.45, 7) is 7.24. The molecule has 1 spiro atoms. The van der Waals surface area contributed by atoms with Crippen LogP contribution < -0.4 is 0 Å². The zero-order valence-electron chi connectivity index (χ0n) is 25.3. The van der Waals surface area contributed by atoms with E-state index in [9.17, 15) is 19.5 Å². The number of carbonyl (C=O) groups excluding carboxylic acids is 3. The number of nitrogens with zero attached hydrogens (tertiary/aromatic N) is 1. The van der Waals surface area contributed by atoms with Crippen LogP contribution in [0, 0.1) is 11.3 Å². The minimum Gasteiger partial charge on any atom is -0.458 e. The second-order valence-electron chi connectivity index (χ2n) is 13.0. The number of ether oxygens (including phenoxy) is 4. The van der Waals surface area contributed by atoms with E-state index in [-0.39, 0.29) is 24.8 Å². The second kappa shape index (κ2) is 10.8. The summed E-state index contributed by atoms with van der Waals surface area (Å²) in [6.07, 6.45) is 0.976. The molecule has 7 atom stereocenters. The summed E-state index contributed by atoms with van der Waals surface area (Å²) < 4.78 is 25.8. The van der Waals surface area contributed by atoms with E-state index in [0.717, 1.165) is 0 Å². The Morgan fingerprint density at radius 2 is 1.32 bits per heavy atom. The number of benzene rings is 2. The maximum absolute atomic E-state index is 13.6. The number of esters is 3. The molecule has 2 aliphatic carbocycles. The van der Waals surface area contributed by atoms with Gasteiger partial charge in [-0.25, -0.2) is 14.4 Å².